The zero-order chi connectivity index (χ0) is 8.97. The van der Waals surface area contributed by atoms with E-state index in [1.54, 1.807) is 0 Å². The Hall–Kier alpha value is -0.640. The van der Waals surface area contributed by atoms with E-state index in [1.807, 2.05) is 6.92 Å². The monoisotopic (exact) mass is 174 g/mol. The first-order valence-corrected chi connectivity index (χ1v) is 4.27. The molecule has 0 bridgehead atoms. The third kappa shape index (κ3) is 2.17. The average Bonchev–Trinajstić information content (AvgIpc) is 2.05. The van der Waals surface area contributed by atoms with Gasteiger partial charge in [0.2, 0.25) is 0 Å². The van der Waals surface area contributed by atoms with E-state index in [1.165, 1.54) is 0 Å². The summed E-state index contributed by atoms with van der Waals surface area (Å²) >= 11 is 0. The maximum Gasteiger partial charge on any atom is 0.102 e. The Balaban J connectivity index is 2.40. The van der Waals surface area contributed by atoms with Gasteiger partial charge in [0.25, 0.3) is 0 Å². The maximum atomic E-state index is 12.0. The minimum absolute atomic E-state index is 0.260. The van der Waals surface area contributed by atoms with Crippen molar-refractivity contribution in [2.75, 3.05) is 26.3 Å². The van der Waals surface area contributed by atoms with Gasteiger partial charge >= 0.3 is 0 Å². The van der Waals surface area contributed by atoms with Crippen LogP contribution in [0.15, 0.2) is 5.16 Å². The van der Waals surface area contributed by atoms with Crippen LogP contribution in [-0.4, -0.2) is 42.1 Å². The lowest BCUT2D eigenvalue weighted by atomic mass is 9.98. The average molecular weight is 174 g/mol. The number of hydrogen-bond acceptors (Lipinski definition) is 3. The largest absolute Gasteiger partial charge is 0.411 e. The molecule has 1 saturated heterocycles. The highest BCUT2D eigenvalue weighted by molar-refractivity contribution is 5.86. The fourth-order valence-electron chi connectivity index (χ4n) is 1.57. The van der Waals surface area contributed by atoms with Crippen molar-refractivity contribution in [3.05, 3.63) is 0 Å². The van der Waals surface area contributed by atoms with Gasteiger partial charge < -0.3 is 5.21 Å². The van der Waals surface area contributed by atoms with Crippen molar-refractivity contribution in [2.24, 2.45) is 11.1 Å². The van der Waals surface area contributed by atoms with E-state index >= 15 is 0 Å². The summed E-state index contributed by atoms with van der Waals surface area (Å²) < 4.78 is 12.0. The zero-order valence-corrected chi connectivity index (χ0v) is 7.33. The molecule has 0 aromatic heterocycles. The molecule has 12 heavy (non-hydrogen) atoms. The Kier molecular flexibility index (Phi) is 3.47. The molecule has 3 nitrogen and oxygen atoms in total. The standard InChI is InChI=1S/C8H15FN2O/c1-7-6-11(5-3-9)4-2-8(7)10-12/h7,12H,2-6H2,1H3. The molecule has 1 N–H and O–H groups in total. The summed E-state index contributed by atoms with van der Waals surface area (Å²) in [6.07, 6.45) is 0.762. The third-order valence-corrected chi connectivity index (χ3v) is 2.31. The number of halogens is 1. The minimum Gasteiger partial charge on any atom is -0.411 e. The van der Waals surface area contributed by atoms with E-state index in [4.69, 9.17) is 5.21 Å². The molecular formula is C8H15FN2O. The Bertz CT molecular complexity index is 172. The molecule has 1 atom stereocenters. The summed E-state index contributed by atoms with van der Waals surface area (Å²) in [6.45, 7) is 3.83. The summed E-state index contributed by atoms with van der Waals surface area (Å²) in [4.78, 5) is 2.05. The molecule has 0 saturated carbocycles. The van der Waals surface area contributed by atoms with Gasteiger partial charge in [0.15, 0.2) is 0 Å². The van der Waals surface area contributed by atoms with Crippen LogP contribution in [0.5, 0.6) is 0 Å². The Morgan fingerprint density at radius 3 is 3.00 bits per heavy atom. The molecule has 0 aliphatic carbocycles. The SMILES string of the molecule is CC1CN(CCF)CCC1=NO. The molecule has 1 unspecified atom stereocenters. The topological polar surface area (TPSA) is 35.8 Å². The van der Waals surface area contributed by atoms with E-state index in [-0.39, 0.29) is 12.6 Å². The summed E-state index contributed by atoms with van der Waals surface area (Å²) in [5.41, 5.74) is 0.838. The first-order chi connectivity index (χ1) is 5.77. The van der Waals surface area contributed by atoms with Gasteiger partial charge in [-0.3, -0.25) is 4.90 Å². The number of rotatable bonds is 2. The number of piperidine rings is 1. The molecule has 1 rings (SSSR count). The molecule has 1 fully saturated rings. The van der Waals surface area contributed by atoms with E-state index in [2.05, 4.69) is 10.1 Å². The van der Waals surface area contributed by atoms with Crippen molar-refractivity contribution in [2.45, 2.75) is 13.3 Å². The number of hydrogen-bond donors (Lipinski definition) is 1. The quantitative estimate of drug-likeness (QED) is 0.503. The van der Waals surface area contributed by atoms with Gasteiger partial charge in [0.1, 0.15) is 6.67 Å². The van der Waals surface area contributed by atoms with Crippen molar-refractivity contribution < 1.29 is 9.60 Å². The summed E-state index contributed by atoms with van der Waals surface area (Å²) in [5.74, 6) is 0.260. The molecule has 4 heteroatoms. The highest BCUT2D eigenvalue weighted by atomic mass is 19.1. The molecule has 0 spiro atoms. The van der Waals surface area contributed by atoms with Crippen LogP contribution >= 0.6 is 0 Å². The number of nitrogens with zero attached hydrogens (tertiary/aromatic N) is 2. The lowest BCUT2D eigenvalue weighted by Gasteiger charge is -2.30. The van der Waals surface area contributed by atoms with Crippen LogP contribution in [0.25, 0.3) is 0 Å². The molecule has 0 aromatic rings. The van der Waals surface area contributed by atoms with Crippen LogP contribution < -0.4 is 0 Å². The normalized spacial score (nSPS) is 29.5. The maximum absolute atomic E-state index is 12.0. The highest BCUT2D eigenvalue weighted by Crippen LogP contribution is 2.12. The second-order valence-electron chi connectivity index (χ2n) is 3.23. The lowest BCUT2D eigenvalue weighted by molar-refractivity contribution is 0.218. The van der Waals surface area contributed by atoms with Crippen molar-refractivity contribution in [1.82, 2.24) is 4.90 Å². The van der Waals surface area contributed by atoms with Crippen LogP contribution in [0.2, 0.25) is 0 Å². The summed E-state index contributed by atoms with van der Waals surface area (Å²) in [7, 11) is 0. The Morgan fingerprint density at radius 2 is 2.50 bits per heavy atom. The third-order valence-electron chi connectivity index (χ3n) is 2.31. The van der Waals surface area contributed by atoms with Crippen LogP contribution in [0.3, 0.4) is 0 Å². The predicted octanol–water partition coefficient (Wildman–Crippen LogP) is 1.13. The van der Waals surface area contributed by atoms with Gasteiger partial charge in [-0.25, -0.2) is 4.39 Å². The van der Waals surface area contributed by atoms with Gasteiger partial charge in [-0.2, -0.15) is 0 Å². The molecule has 70 valence electrons. The van der Waals surface area contributed by atoms with Gasteiger partial charge in [0, 0.05) is 32.0 Å². The molecule has 1 aliphatic rings. The first kappa shape index (κ1) is 9.45. The molecule has 0 amide bonds. The van der Waals surface area contributed by atoms with E-state index in [9.17, 15) is 4.39 Å². The lowest BCUT2D eigenvalue weighted by Crippen LogP contribution is -2.40. The fraction of sp³-hybridized carbons (Fsp3) is 0.875. The Morgan fingerprint density at radius 1 is 1.75 bits per heavy atom. The molecule has 1 aliphatic heterocycles. The number of likely N-dealkylation sites (tertiary alicyclic amines) is 1. The van der Waals surface area contributed by atoms with Gasteiger partial charge in [0.05, 0.1) is 5.71 Å². The van der Waals surface area contributed by atoms with Crippen LogP contribution in [0, 0.1) is 5.92 Å². The predicted molar refractivity (Wildman–Crippen MR) is 45.4 cm³/mol. The van der Waals surface area contributed by atoms with Crippen molar-refractivity contribution in [3.63, 3.8) is 0 Å². The van der Waals surface area contributed by atoms with Crippen LogP contribution in [-0.2, 0) is 0 Å². The summed E-state index contributed by atoms with van der Waals surface area (Å²) in [6, 6.07) is 0. The second-order valence-corrected chi connectivity index (χ2v) is 3.23. The molecule has 1 heterocycles. The van der Waals surface area contributed by atoms with E-state index < -0.39 is 0 Å². The van der Waals surface area contributed by atoms with Crippen molar-refractivity contribution >= 4 is 5.71 Å². The molecular weight excluding hydrogens is 159 g/mol. The van der Waals surface area contributed by atoms with E-state index in [0.717, 1.165) is 25.2 Å². The summed E-state index contributed by atoms with van der Waals surface area (Å²) in [5, 5.41) is 11.8. The minimum atomic E-state index is -0.293. The zero-order valence-electron chi connectivity index (χ0n) is 7.33. The van der Waals surface area contributed by atoms with Crippen molar-refractivity contribution in [1.29, 1.82) is 0 Å². The molecule has 0 aromatic carbocycles. The number of oxime groups is 1. The Labute approximate surface area is 71.9 Å². The molecule has 0 radical (unpaired) electrons. The van der Waals surface area contributed by atoms with Gasteiger partial charge in [-0.1, -0.05) is 12.1 Å². The smallest absolute Gasteiger partial charge is 0.102 e. The fourth-order valence-corrected chi connectivity index (χ4v) is 1.57. The van der Waals surface area contributed by atoms with E-state index in [0.29, 0.717) is 6.54 Å². The van der Waals surface area contributed by atoms with Crippen molar-refractivity contribution in [3.8, 4) is 0 Å². The van der Waals surface area contributed by atoms with Gasteiger partial charge in [-0.05, 0) is 0 Å². The van der Waals surface area contributed by atoms with Crippen LogP contribution in [0.1, 0.15) is 13.3 Å². The second kappa shape index (κ2) is 4.40. The first-order valence-electron chi connectivity index (χ1n) is 4.27. The van der Waals surface area contributed by atoms with Gasteiger partial charge in [-0.15, -0.1) is 0 Å². The highest BCUT2D eigenvalue weighted by Gasteiger charge is 2.21. The van der Waals surface area contributed by atoms with Crippen LogP contribution in [0.4, 0.5) is 4.39 Å². The number of alkyl halides is 1.